The van der Waals surface area contributed by atoms with Gasteiger partial charge in [0.15, 0.2) is 0 Å². The molecule has 5 aromatic rings. The van der Waals surface area contributed by atoms with Crippen molar-refractivity contribution in [1.29, 1.82) is 0 Å². The lowest BCUT2D eigenvalue weighted by atomic mass is 10.1. The molecule has 0 fully saturated rings. The molecule has 206 valence electrons. The van der Waals surface area contributed by atoms with Gasteiger partial charge in [0.2, 0.25) is 11.2 Å². The van der Waals surface area contributed by atoms with Gasteiger partial charge in [-0.25, -0.2) is 4.79 Å². The summed E-state index contributed by atoms with van der Waals surface area (Å²) in [5.41, 5.74) is 3.33. The van der Waals surface area contributed by atoms with Gasteiger partial charge in [-0.2, -0.15) is 0 Å². The van der Waals surface area contributed by atoms with Crippen LogP contribution in [0.1, 0.15) is 22.3 Å². The fourth-order valence-corrected chi connectivity index (χ4v) is 4.48. The fourth-order valence-electron chi connectivity index (χ4n) is 3.98. The Kier molecular flexibility index (Phi) is 8.43. The van der Waals surface area contributed by atoms with Crippen molar-refractivity contribution in [3.05, 3.63) is 134 Å². The van der Waals surface area contributed by atoms with E-state index in [4.69, 9.17) is 41.8 Å². The third kappa shape index (κ3) is 6.80. The Morgan fingerprint density at radius 1 is 0.878 bits per heavy atom. The van der Waals surface area contributed by atoms with Crippen molar-refractivity contribution < 1.29 is 23.4 Å². The Hall–Kier alpha value is -4.52. The smallest absolute Gasteiger partial charge is 0.336 e. The molecule has 4 aromatic carbocycles. The summed E-state index contributed by atoms with van der Waals surface area (Å²) in [5.74, 6) is 0.929. The first kappa shape index (κ1) is 28.0. The summed E-state index contributed by atoms with van der Waals surface area (Å²) in [6.07, 6.45) is 4.18. The molecule has 0 unspecified atom stereocenters. The van der Waals surface area contributed by atoms with Crippen LogP contribution in [-0.4, -0.2) is 5.97 Å². The highest BCUT2D eigenvalue weighted by Crippen LogP contribution is 2.28. The molecule has 0 amide bonds. The Bertz CT molecular complexity index is 1800. The maximum atomic E-state index is 13.0. The molecule has 0 spiro atoms. The molecule has 8 heteroatoms. The lowest BCUT2D eigenvalue weighted by Crippen LogP contribution is -2.07. The van der Waals surface area contributed by atoms with Gasteiger partial charge in [0.25, 0.3) is 0 Å². The van der Waals surface area contributed by atoms with Crippen molar-refractivity contribution >= 4 is 46.2 Å². The van der Waals surface area contributed by atoms with Crippen LogP contribution in [0.5, 0.6) is 23.0 Å². The van der Waals surface area contributed by atoms with Crippen molar-refractivity contribution in [3.8, 4) is 23.0 Å². The van der Waals surface area contributed by atoms with Gasteiger partial charge >= 0.3 is 5.97 Å². The van der Waals surface area contributed by atoms with Crippen LogP contribution >= 0.6 is 23.2 Å². The van der Waals surface area contributed by atoms with Gasteiger partial charge in [0.1, 0.15) is 35.7 Å². The molecule has 41 heavy (non-hydrogen) atoms. The van der Waals surface area contributed by atoms with Gasteiger partial charge < -0.3 is 18.6 Å². The fraction of sp³-hybridized carbons (Fsp3) is 0.0909. The van der Waals surface area contributed by atoms with E-state index >= 15 is 0 Å². The zero-order valence-electron chi connectivity index (χ0n) is 22.2. The molecule has 0 radical (unpaired) electrons. The quantitative estimate of drug-likeness (QED) is 0.103. The second-order valence-corrected chi connectivity index (χ2v) is 10.1. The Morgan fingerprint density at radius 3 is 2.37 bits per heavy atom. The van der Waals surface area contributed by atoms with Gasteiger partial charge in [-0.3, -0.25) is 4.79 Å². The molecule has 0 aliphatic carbocycles. The Balaban J connectivity index is 1.21. The number of hydrogen-bond donors (Lipinski definition) is 0. The summed E-state index contributed by atoms with van der Waals surface area (Å²) in [6.45, 7) is 4.07. The first-order valence-electron chi connectivity index (χ1n) is 12.6. The van der Waals surface area contributed by atoms with Crippen molar-refractivity contribution in [2.75, 3.05) is 0 Å². The standard InChI is InChI=1S/C33H24Cl2O6/c1-20-6-7-21(2)29(16-20)41-31-19-39-30-17-24(13-14-25(30)33(31)37)40-32(36)15-10-22-8-11-23(12-9-22)38-18-26-27(34)4-3-5-28(26)35/h3-17,19H,18H2,1-2H3/b15-10+. The maximum Gasteiger partial charge on any atom is 0.336 e. The van der Waals surface area contributed by atoms with Gasteiger partial charge in [0.05, 0.1) is 5.39 Å². The van der Waals surface area contributed by atoms with Crippen LogP contribution in [0, 0.1) is 13.8 Å². The van der Waals surface area contributed by atoms with Crippen LogP contribution in [0.3, 0.4) is 0 Å². The molecule has 0 saturated carbocycles. The minimum atomic E-state index is -0.588. The van der Waals surface area contributed by atoms with E-state index in [1.165, 1.54) is 30.5 Å². The SMILES string of the molecule is Cc1ccc(C)c(Oc2coc3cc(OC(=O)/C=C/c4ccc(OCc5c(Cl)cccc5Cl)cc4)ccc3c2=O)c1. The molecular formula is C33H24Cl2O6. The number of rotatable bonds is 8. The highest BCUT2D eigenvalue weighted by atomic mass is 35.5. The first-order chi connectivity index (χ1) is 19.8. The molecular weight excluding hydrogens is 563 g/mol. The van der Waals surface area contributed by atoms with Crippen molar-refractivity contribution in [2.24, 2.45) is 0 Å². The third-order valence-electron chi connectivity index (χ3n) is 6.23. The highest BCUT2D eigenvalue weighted by molar-refractivity contribution is 6.35. The number of halogens is 2. The second kappa shape index (κ2) is 12.3. The highest BCUT2D eigenvalue weighted by Gasteiger charge is 2.13. The van der Waals surface area contributed by atoms with Crippen molar-refractivity contribution in [3.63, 3.8) is 0 Å². The van der Waals surface area contributed by atoms with E-state index in [-0.39, 0.29) is 29.1 Å². The van der Waals surface area contributed by atoms with Crippen LogP contribution < -0.4 is 19.6 Å². The number of hydrogen-bond acceptors (Lipinski definition) is 6. The average Bonchev–Trinajstić information content (AvgIpc) is 2.95. The van der Waals surface area contributed by atoms with Crippen molar-refractivity contribution in [2.45, 2.75) is 20.5 Å². The normalized spacial score (nSPS) is 11.1. The first-order valence-corrected chi connectivity index (χ1v) is 13.4. The summed E-state index contributed by atoms with van der Waals surface area (Å²) >= 11 is 12.4. The number of ether oxygens (including phenoxy) is 3. The van der Waals surface area contributed by atoms with E-state index < -0.39 is 5.97 Å². The lowest BCUT2D eigenvalue weighted by molar-refractivity contribution is -0.128. The zero-order chi connectivity index (χ0) is 28.9. The average molecular weight is 587 g/mol. The van der Waals surface area contributed by atoms with Gasteiger partial charge in [-0.15, -0.1) is 0 Å². The van der Waals surface area contributed by atoms with E-state index in [2.05, 4.69) is 0 Å². The van der Waals surface area contributed by atoms with E-state index in [1.54, 1.807) is 48.5 Å². The number of aryl methyl sites for hydroxylation is 2. The molecule has 6 nitrogen and oxygen atoms in total. The number of esters is 1. The largest absolute Gasteiger partial charge is 0.489 e. The molecule has 0 saturated heterocycles. The van der Waals surface area contributed by atoms with Crippen LogP contribution in [0.2, 0.25) is 10.0 Å². The molecule has 1 aromatic heterocycles. The molecule has 5 rings (SSSR count). The number of carbonyl (C=O) groups is 1. The molecule has 0 aliphatic heterocycles. The molecule has 1 heterocycles. The summed E-state index contributed by atoms with van der Waals surface area (Å²) in [7, 11) is 0. The van der Waals surface area contributed by atoms with E-state index in [1.807, 2.05) is 32.0 Å². The van der Waals surface area contributed by atoms with E-state index in [0.717, 1.165) is 16.7 Å². The summed E-state index contributed by atoms with van der Waals surface area (Å²) in [5, 5.41) is 1.38. The minimum Gasteiger partial charge on any atom is -0.489 e. The Labute approximate surface area is 246 Å². The maximum absolute atomic E-state index is 13.0. The van der Waals surface area contributed by atoms with Gasteiger partial charge in [-0.05, 0) is 79.1 Å². The zero-order valence-corrected chi connectivity index (χ0v) is 23.7. The Morgan fingerprint density at radius 2 is 1.61 bits per heavy atom. The molecule has 0 atom stereocenters. The number of carbonyl (C=O) groups excluding carboxylic acids is 1. The van der Waals surface area contributed by atoms with Crippen molar-refractivity contribution in [1.82, 2.24) is 0 Å². The molecule has 0 bridgehead atoms. The topological polar surface area (TPSA) is 75.0 Å². The summed E-state index contributed by atoms with van der Waals surface area (Å²) < 4.78 is 22.6. The van der Waals surface area contributed by atoms with Gasteiger partial charge in [-0.1, -0.05) is 53.5 Å². The minimum absolute atomic E-state index is 0.0722. The van der Waals surface area contributed by atoms with Crippen LogP contribution in [0.15, 0.2) is 100 Å². The predicted octanol–water partition coefficient (Wildman–Crippen LogP) is 8.71. The van der Waals surface area contributed by atoms with Crippen LogP contribution in [-0.2, 0) is 11.4 Å². The number of fused-ring (bicyclic) bond motifs is 1. The van der Waals surface area contributed by atoms with Crippen LogP contribution in [0.4, 0.5) is 0 Å². The summed E-state index contributed by atoms with van der Waals surface area (Å²) in [6, 6.07) is 22.8. The van der Waals surface area contributed by atoms with Crippen LogP contribution in [0.25, 0.3) is 17.0 Å². The van der Waals surface area contributed by atoms with E-state index in [9.17, 15) is 9.59 Å². The van der Waals surface area contributed by atoms with E-state index in [0.29, 0.717) is 32.5 Å². The summed E-state index contributed by atoms with van der Waals surface area (Å²) in [4.78, 5) is 25.4. The molecule has 0 aliphatic rings. The second-order valence-electron chi connectivity index (χ2n) is 9.27. The number of benzene rings is 4. The predicted molar refractivity (Wildman–Crippen MR) is 160 cm³/mol. The molecule has 0 N–H and O–H groups in total. The lowest BCUT2D eigenvalue weighted by Gasteiger charge is -2.09. The third-order valence-corrected chi connectivity index (χ3v) is 6.94. The monoisotopic (exact) mass is 586 g/mol. The van der Waals surface area contributed by atoms with Gasteiger partial charge in [0, 0.05) is 27.8 Å².